The molecule has 0 atom stereocenters. The average Bonchev–Trinajstić information content (AvgIpc) is 2.68. The molecule has 1 amide bonds. The number of Topliss-reactive ketones (excluding diaryl/α,β-unsaturated/α-hetero) is 1. The van der Waals surface area contributed by atoms with Gasteiger partial charge < -0.3 is 14.2 Å². The number of halogens is 1. The van der Waals surface area contributed by atoms with Crippen molar-refractivity contribution in [2.24, 2.45) is 0 Å². The van der Waals surface area contributed by atoms with Crippen molar-refractivity contribution in [3.8, 4) is 5.75 Å². The van der Waals surface area contributed by atoms with Crippen molar-refractivity contribution in [2.45, 2.75) is 37.8 Å². The van der Waals surface area contributed by atoms with Gasteiger partial charge in [-0.05, 0) is 18.2 Å². The van der Waals surface area contributed by atoms with E-state index in [2.05, 4.69) is 4.98 Å². The molecule has 1 fully saturated rings. The maximum atomic E-state index is 12.6. The van der Waals surface area contributed by atoms with Gasteiger partial charge in [-0.15, -0.1) is 0 Å². The van der Waals surface area contributed by atoms with E-state index in [1.807, 2.05) is 0 Å². The van der Waals surface area contributed by atoms with Crippen LogP contribution in [0.5, 0.6) is 5.75 Å². The van der Waals surface area contributed by atoms with E-state index >= 15 is 0 Å². The summed E-state index contributed by atoms with van der Waals surface area (Å²) in [4.78, 5) is 51.8. The number of aryl methyl sites for hydroxylation is 1. The molecular weight excluding hydrogens is 398 g/mol. The summed E-state index contributed by atoms with van der Waals surface area (Å²) in [6.07, 6.45) is 2.93. The summed E-state index contributed by atoms with van der Waals surface area (Å²) < 4.78 is 7.47. The molecule has 8 nitrogen and oxygen atoms in total. The predicted molar refractivity (Wildman–Crippen MR) is 106 cm³/mol. The number of carbonyl (C=O) groups is 2. The van der Waals surface area contributed by atoms with Gasteiger partial charge in [0, 0.05) is 56.2 Å². The number of hydrogen-bond acceptors (Lipinski definition) is 5. The van der Waals surface area contributed by atoms with Crippen LogP contribution in [0.15, 0.2) is 40.1 Å². The number of fused-ring (bicyclic) bond motifs is 1. The average molecular weight is 418 g/mol. The van der Waals surface area contributed by atoms with Crippen molar-refractivity contribution >= 4 is 23.3 Å². The molecule has 0 unspecified atom stereocenters. The van der Waals surface area contributed by atoms with Crippen LogP contribution in [0.4, 0.5) is 0 Å². The largest absolute Gasteiger partial charge is 0.486 e. The molecule has 0 aliphatic carbocycles. The molecule has 1 spiro atoms. The van der Waals surface area contributed by atoms with Crippen molar-refractivity contribution in [1.82, 2.24) is 14.5 Å². The second-order valence-electron chi connectivity index (χ2n) is 7.46. The molecule has 2 aliphatic heterocycles. The number of H-pyrrole nitrogens is 1. The first-order chi connectivity index (χ1) is 13.8. The molecule has 1 saturated heterocycles. The minimum atomic E-state index is -0.593. The third-order valence-corrected chi connectivity index (χ3v) is 5.78. The highest BCUT2D eigenvalue weighted by molar-refractivity contribution is 6.31. The second kappa shape index (κ2) is 7.51. The quantitative estimate of drug-likeness (QED) is 0.817. The van der Waals surface area contributed by atoms with Crippen molar-refractivity contribution < 1.29 is 14.3 Å². The molecule has 1 N–H and O–H groups in total. The Morgan fingerprint density at radius 2 is 1.93 bits per heavy atom. The summed E-state index contributed by atoms with van der Waals surface area (Å²) in [7, 11) is 0. The Balaban J connectivity index is 1.37. The summed E-state index contributed by atoms with van der Waals surface area (Å²) >= 11 is 5.97. The number of hydrogen-bond donors (Lipinski definition) is 1. The van der Waals surface area contributed by atoms with E-state index < -0.39 is 16.9 Å². The highest BCUT2D eigenvalue weighted by atomic mass is 35.5. The van der Waals surface area contributed by atoms with Crippen molar-refractivity contribution in [1.29, 1.82) is 0 Å². The van der Waals surface area contributed by atoms with Crippen molar-refractivity contribution in [3.05, 3.63) is 61.9 Å². The normalized spacial score (nSPS) is 17.7. The molecule has 29 heavy (non-hydrogen) atoms. The summed E-state index contributed by atoms with van der Waals surface area (Å²) in [5.74, 6) is 0.473. The SMILES string of the molecule is O=C1CC2(CCN(C(=O)CCn3ccc(=O)[nH]c3=O)CC2)Oc2ccc(Cl)cc21. The molecular formula is C20H20ClN3O5. The fourth-order valence-electron chi connectivity index (χ4n) is 3.90. The first kappa shape index (κ1) is 19.4. The highest BCUT2D eigenvalue weighted by Gasteiger charge is 2.43. The van der Waals surface area contributed by atoms with Crippen LogP contribution < -0.4 is 16.0 Å². The number of likely N-dealkylation sites (tertiary alicyclic amines) is 1. The molecule has 152 valence electrons. The van der Waals surface area contributed by atoms with Gasteiger partial charge in [-0.3, -0.25) is 19.4 Å². The van der Waals surface area contributed by atoms with Crippen molar-refractivity contribution in [2.75, 3.05) is 13.1 Å². The molecule has 3 heterocycles. The number of carbonyl (C=O) groups excluding carboxylic acids is 2. The van der Waals surface area contributed by atoms with Gasteiger partial charge >= 0.3 is 5.69 Å². The zero-order chi connectivity index (χ0) is 20.6. The monoisotopic (exact) mass is 417 g/mol. The maximum absolute atomic E-state index is 12.6. The Morgan fingerprint density at radius 3 is 2.66 bits per heavy atom. The van der Waals surface area contributed by atoms with Gasteiger partial charge in [0.25, 0.3) is 5.56 Å². The number of nitrogens with zero attached hydrogens (tertiary/aromatic N) is 2. The topological polar surface area (TPSA) is 101 Å². The smallest absolute Gasteiger partial charge is 0.328 e. The fraction of sp³-hybridized carbons (Fsp3) is 0.400. The van der Waals surface area contributed by atoms with Crippen LogP contribution in [-0.4, -0.2) is 44.8 Å². The third-order valence-electron chi connectivity index (χ3n) is 5.54. The molecule has 0 radical (unpaired) electrons. The van der Waals surface area contributed by atoms with E-state index in [0.717, 1.165) is 0 Å². The number of amides is 1. The third kappa shape index (κ3) is 3.98. The number of benzene rings is 1. The zero-order valence-corrected chi connectivity index (χ0v) is 16.4. The van der Waals surface area contributed by atoms with Crippen LogP contribution in [-0.2, 0) is 11.3 Å². The van der Waals surface area contributed by atoms with Gasteiger partial charge in [-0.1, -0.05) is 11.6 Å². The lowest BCUT2D eigenvalue weighted by atomic mass is 9.82. The minimum Gasteiger partial charge on any atom is -0.486 e. The molecule has 4 rings (SSSR count). The molecule has 0 bridgehead atoms. The molecule has 2 aromatic rings. The van der Waals surface area contributed by atoms with E-state index in [1.54, 1.807) is 23.1 Å². The van der Waals surface area contributed by atoms with Gasteiger partial charge in [0.2, 0.25) is 5.91 Å². The number of aromatic nitrogens is 2. The van der Waals surface area contributed by atoms with Gasteiger partial charge in [0.05, 0.1) is 12.0 Å². The minimum absolute atomic E-state index is 0.00553. The van der Waals surface area contributed by atoms with Gasteiger partial charge in [0.15, 0.2) is 5.78 Å². The first-order valence-electron chi connectivity index (χ1n) is 9.45. The Labute approximate surface area is 171 Å². The van der Waals surface area contributed by atoms with Crippen LogP contribution in [0, 0.1) is 0 Å². The standard InChI is InChI=1S/C20H20ClN3O5/c21-13-1-2-16-14(11-13)15(25)12-20(29-16)5-9-23(10-6-20)18(27)4-8-24-7-3-17(26)22-19(24)28/h1-3,7,11H,4-6,8-10,12H2,(H,22,26,28). The lowest BCUT2D eigenvalue weighted by Gasteiger charge is -2.44. The van der Waals surface area contributed by atoms with E-state index in [-0.39, 0.29) is 31.1 Å². The lowest BCUT2D eigenvalue weighted by Crippen LogP contribution is -2.52. The van der Waals surface area contributed by atoms with Gasteiger partial charge in [-0.25, -0.2) is 4.79 Å². The van der Waals surface area contributed by atoms with Crippen LogP contribution in [0.25, 0.3) is 0 Å². The van der Waals surface area contributed by atoms with E-state index in [0.29, 0.717) is 42.3 Å². The number of piperidine rings is 1. The number of aromatic amines is 1. The molecule has 9 heteroatoms. The fourth-order valence-corrected chi connectivity index (χ4v) is 4.08. The molecule has 0 saturated carbocycles. The van der Waals surface area contributed by atoms with Crippen molar-refractivity contribution in [3.63, 3.8) is 0 Å². The Kier molecular flexibility index (Phi) is 5.04. The molecule has 1 aromatic heterocycles. The predicted octanol–water partition coefficient (Wildman–Crippen LogP) is 1.61. The second-order valence-corrected chi connectivity index (χ2v) is 7.90. The Hall–Kier alpha value is -2.87. The number of ketones is 1. The maximum Gasteiger partial charge on any atom is 0.328 e. The zero-order valence-electron chi connectivity index (χ0n) is 15.7. The Morgan fingerprint density at radius 1 is 1.17 bits per heavy atom. The summed E-state index contributed by atoms with van der Waals surface area (Å²) in [5, 5.41) is 0.499. The first-order valence-corrected chi connectivity index (χ1v) is 9.82. The summed E-state index contributed by atoms with van der Waals surface area (Å²) in [5.41, 5.74) is -1.08. The number of rotatable bonds is 3. The molecule has 1 aromatic carbocycles. The van der Waals surface area contributed by atoms with Gasteiger partial charge in [-0.2, -0.15) is 0 Å². The lowest BCUT2D eigenvalue weighted by molar-refractivity contribution is -0.135. The molecule has 2 aliphatic rings. The number of ether oxygens (including phenoxy) is 1. The van der Waals surface area contributed by atoms with E-state index in [1.165, 1.54) is 16.8 Å². The van der Waals surface area contributed by atoms with E-state index in [4.69, 9.17) is 16.3 Å². The van der Waals surface area contributed by atoms with Gasteiger partial charge in [0.1, 0.15) is 11.4 Å². The summed E-state index contributed by atoms with van der Waals surface area (Å²) in [6.45, 7) is 1.16. The summed E-state index contributed by atoms with van der Waals surface area (Å²) in [6, 6.07) is 6.29. The van der Waals surface area contributed by atoms with Crippen LogP contribution in [0.2, 0.25) is 5.02 Å². The van der Waals surface area contributed by atoms with Crippen LogP contribution in [0.1, 0.15) is 36.0 Å². The Bertz CT molecular complexity index is 1080. The van der Waals surface area contributed by atoms with E-state index in [9.17, 15) is 19.2 Å². The highest BCUT2D eigenvalue weighted by Crippen LogP contribution is 2.40. The number of nitrogens with one attached hydrogen (secondary N) is 1. The van der Waals surface area contributed by atoms with Crippen LogP contribution in [0.3, 0.4) is 0 Å². The van der Waals surface area contributed by atoms with Crippen LogP contribution >= 0.6 is 11.6 Å².